The van der Waals surface area contributed by atoms with Gasteiger partial charge < -0.3 is 10.6 Å². The molecule has 20 heavy (non-hydrogen) atoms. The van der Waals surface area contributed by atoms with Gasteiger partial charge in [-0.15, -0.1) is 0 Å². The molecule has 0 spiro atoms. The van der Waals surface area contributed by atoms with Gasteiger partial charge in [0.05, 0.1) is 11.2 Å². The van der Waals surface area contributed by atoms with Crippen LogP contribution >= 0.6 is 0 Å². The van der Waals surface area contributed by atoms with Crippen LogP contribution in [-0.2, 0) is 10.0 Å². The molecule has 0 aromatic carbocycles. The summed E-state index contributed by atoms with van der Waals surface area (Å²) >= 11 is 0. The largest absolute Gasteiger partial charge is 0.378 e. The molecule has 10 nitrogen and oxygen atoms in total. The number of hydrogen-bond donors (Lipinski definition) is 1. The number of aromatic nitrogens is 2. The van der Waals surface area contributed by atoms with Crippen LogP contribution in [0.4, 0.5) is 17.3 Å². The Bertz CT molecular complexity index is 625. The molecule has 1 saturated heterocycles. The van der Waals surface area contributed by atoms with Gasteiger partial charge >= 0.3 is 5.69 Å². The van der Waals surface area contributed by atoms with Gasteiger partial charge in [0, 0.05) is 26.2 Å². The van der Waals surface area contributed by atoms with E-state index in [1.807, 2.05) is 0 Å². The lowest BCUT2D eigenvalue weighted by atomic mass is 10.3. The van der Waals surface area contributed by atoms with Gasteiger partial charge in [0.25, 0.3) is 0 Å². The second-order valence-corrected chi connectivity index (χ2v) is 6.32. The number of nitrogen functional groups attached to an aromatic ring is 1. The topological polar surface area (TPSA) is 136 Å². The van der Waals surface area contributed by atoms with Crippen molar-refractivity contribution in [1.29, 1.82) is 0 Å². The smallest absolute Gasteiger partial charge is 0.353 e. The monoisotopic (exact) mass is 302 g/mol. The van der Waals surface area contributed by atoms with Gasteiger partial charge in [-0.2, -0.15) is 4.31 Å². The minimum absolute atomic E-state index is 0.121. The average Bonchev–Trinajstić information content (AvgIpc) is 2.37. The summed E-state index contributed by atoms with van der Waals surface area (Å²) in [5, 5.41) is 11.0. The molecular formula is C9H14N6O4S. The molecular weight excluding hydrogens is 288 g/mol. The number of hydrogen-bond acceptors (Lipinski definition) is 8. The number of sulfonamides is 1. The molecule has 0 radical (unpaired) electrons. The first-order valence-corrected chi connectivity index (χ1v) is 7.60. The molecule has 11 heteroatoms. The maximum absolute atomic E-state index is 11.4. The Morgan fingerprint density at radius 3 is 2.40 bits per heavy atom. The first-order valence-electron chi connectivity index (χ1n) is 5.75. The summed E-state index contributed by atoms with van der Waals surface area (Å²) in [4.78, 5) is 19.5. The van der Waals surface area contributed by atoms with Gasteiger partial charge in [-0.1, -0.05) is 0 Å². The van der Waals surface area contributed by atoms with E-state index in [-0.39, 0.29) is 30.4 Å². The summed E-state index contributed by atoms with van der Waals surface area (Å²) in [6, 6.07) is 0. The Labute approximate surface area is 115 Å². The van der Waals surface area contributed by atoms with Crippen molar-refractivity contribution in [3.63, 3.8) is 0 Å². The highest BCUT2D eigenvalue weighted by Gasteiger charge is 2.30. The molecule has 110 valence electrons. The first kappa shape index (κ1) is 14.4. The summed E-state index contributed by atoms with van der Waals surface area (Å²) in [5.41, 5.74) is 5.15. The maximum Gasteiger partial charge on any atom is 0.353 e. The van der Waals surface area contributed by atoms with E-state index in [1.165, 1.54) is 4.31 Å². The molecule has 0 amide bonds. The molecule has 2 rings (SSSR count). The first-order chi connectivity index (χ1) is 9.30. The fourth-order valence-electron chi connectivity index (χ4n) is 2.02. The van der Waals surface area contributed by atoms with E-state index in [0.717, 1.165) is 12.6 Å². The van der Waals surface area contributed by atoms with Crippen LogP contribution in [-0.4, -0.2) is 60.0 Å². The van der Waals surface area contributed by atoms with Crippen molar-refractivity contribution in [2.75, 3.05) is 43.1 Å². The summed E-state index contributed by atoms with van der Waals surface area (Å²) in [6.07, 6.45) is 2.29. The minimum atomic E-state index is -3.25. The van der Waals surface area contributed by atoms with E-state index in [1.54, 1.807) is 4.90 Å². The molecule has 0 saturated carbocycles. The lowest BCUT2D eigenvalue weighted by Crippen LogP contribution is -2.48. The van der Waals surface area contributed by atoms with Gasteiger partial charge in [0.2, 0.25) is 21.7 Å². The third kappa shape index (κ3) is 2.77. The number of nitrogens with two attached hydrogens (primary N) is 1. The summed E-state index contributed by atoms with van der Waals surface area (Å²) in [5.74, 6) is -0.0822. The molecule has 1 fully saturated rings. The van der Waals surface area contributed by atoms with Gasteiger partial charge in [-0.05, 0) is 0 Å². The van der Waals surface area contributed by atoms with E-state index >= 15 is 0 Å². The average molecular weight is 302 g/mol. The van der Waals surface area contributed by atoms with Crippen LogP contribution in [0.1, 0.15) is 0 Å². The SMILES string of the molecule is CS(=O)(=O)N1CCN(c2ncnc(N)c2[N+](=O)[O-])CC1. The molecule has 2 heterocycles. The van der Waals surface area contributed by atoms with E-state index in [2.05, 4.69) is 9.97 Å². The van der Waals surface area contributed by atoms with Crippen molar-refractivity contribution < 1.29 is 13.3 Å². The van der Waals surface area contributed by atoms with Crippen molar-refractivity contribution in [1.82, 2.24) is 14.3 Å². The third-order valence-electron chi connectivity index (χ3n) is 3.02. The van der Waals surface area contributed by atoms with Crippen molar-refractivity contribution in [2.24, 2.45) is 0 Å². The second-order valence-electron chi connectivity index (χ2n) is 4.34. The summed E-state index contributed by atoms with van der Waals surface area (Å²) in [7, 11) is -3.25. The highest BCUT2D eigenvalue weighted by Crippen LogP contribution is 2.30. The van der Waals surface area contributed by atoms with Crippen LogP contribution in [0.3, 0.4) is 0 Å². The zero-order chi connectivity index (χ0) is 14.9. The highest BCUT2D eigenvalue weighted by atomic mass is 32.2. The second kappa shape index (κ2) is 5.17. The van der Waals surface area contributed by atoms with Gasteiger partial charge in [-0.3, -0.25) is 10.1 Å². The Hall–Kier alpha value is -2.01. The molecule has 1 aliphatic rings. The van der Waals surface area contributed by atoms with Gasteiger partial charge in [0.15, 0.2) is 0 Å². The Kier molecular flexibility index (Phi) is 3.72. The van der Waals surface area contributed by atoms with Crippen LogP contribution in [0.25, 0.3) is 0 Å². The quantitative estimate of drug-likeness (QED) is 0.557. The molecule has 0 aliphatic carbocycles. The molecule has 0 bridgehead atoms. The zero-order valence-corrected chi connectivity index (χ0v) is 11.6. The van der Waals surface area contributed by atoms with Crippen molar-refractivity contribution in [2.45, 2.75) is 0 Å². The van der Waals surface area contributed by atoms with Crippen molar-refractivity contribution in [3.05, 3.63) is 16.4 Å². The van der Waals surface area contributed by atoms with E-state index in [9.17, 15) is 18.5 Å². The lowest BCUT2D eigenvalue weighted by molar-refractivity contribution is -0.383. The summed E-state index contributed by atoms with van der Waals surface area (Å²) < 4.78 is 24.1. The normalized spacial score (nSPS) is 17.1. The molecule has 0 atom stereocenters. The Balaban J connectivity index is 2.24. The van der Waals surface area contributed by atoms with Crippen LogP contribution in [0.15, 0.2) is 6.33 Å². The minimum Gasteiger partial charge on any atom is -0.378 e. The molecule has 2 N–H and O–H groups in total. The van der Waals surface area contributed by atoms with E-state index in [0.29, 0.717) is 13.1 Å². The Morgan fingerprint density at radius 2 is 1.90 bits per heavy atom. The molecule has 1 aromatic rings. The van der Waals surface area contributed by atoms with Crippen LogP contribution in [0, 0.1) is 10.1 Å². The predicted molar refractivity (Wildman–Crippen MR) is 71.7 cm³/mol. The zero-order valence-electron chi connectivity index (χ0n) is 10.8. The van der Waals surface area contributed by atoms with Crippen LogP contribution < -0.4 is 10.6 Å². The van der Waals surface area contributed by atoms with Gasteiger partial charge in [-0.25, -0.2) is 18.4 Å². The standard InChI is InChI=1S/C9H14N6O4S/c1-20(18,19)14-4-2-13(3-5-14)9-7(15(16)17)8(10)11-6-12-9/h6H,2-5H2,1H3,(H2,10,11,12). The third-order valence-corrected chi connectivity index (χ3v) is 4.32. The molecule has 1 aliphatic heterocycles. The number of nitrogens with zero attached hydrogens (tertiary/aromatic N) is 5. The Morgan fingerprint density at radius 1 is 1.30 bits per heavy atom. The maximum atomic E-state index is 11.4. The molecule has 0 unspecified atom stereocenters. The van der Waals surface area contributed by atoms with Gasteiger partial charge in [0.1, 0.15) is 6.33 Å². The fourth-order valence-corrected chi connectivity index (χ4v) is 2.85. The summed E-state index contributed by atoms with van der Waals surface area (Å²) in [6.45, 7) is 1.12. The number of piperazine rings is 1. The number of rotatable bonds is 3. The number of anilines is 2. The van der Waals surface area contributed by atoms with Crippen LogP contribution in [0.5, 0.6) is 0 Å². The van der Waals surface area contributed by atoms with Crippen molar-refractivity contribution >= 4 is 27.3 Å². The highest BCUT2D eigenvalue weighted by molar-refractivity contribution is 7.88. The lowest BCUT2D eigenvalue weighted by Gasteiger charge is -2.33. The van der Waals surface area contributed by atoms with E-state index in [4.69, 9.17) is 5.73 Å². The predicted octanol–water partition coefficient (Wildman–Crippen LogP) is -0.951. The fraction of sp³-hybridized carbons (Fsp3) is 0.556. The van der Waals surface area contributed by atoms with Crippen molar-refractivity contribution in [3.8, 4) is 0 Å². The number of nitro groups is 1. The van der Waals surface area contributed by atoms with Crippen LogP contribution in [0.2, 0.25) is 0 Å². The van der Waals surface area contributed by atoms with E-state index < -0.39 is 14.9 Å². The molecule has 1 aromatic heterocycles.